The van der Waals surface area contributed by atoms with Gasteiger partial charge in [-0.2, -0.15) is 0 Å². The number of hydrogen-bond donors (Lipinski definition) is 1. The zero-order valence-electron chi connectivity index (χ0n) is 15.3. The van der Waals surface area contributed by atoms with Crippen LogP contribution >= 0.6 is 0 Å². The summed E-state index contributed by atoms with van der Waals surface area (Å²) in [6, 6.07) is 12.7. The molecule has 2 aromatic carbocycles. The van der Waals surface area contributed by atoms with Crippen LogP contribution in [0.1, 0.15) is 25.3 Å². The van der Waals surface area contributed by atoms with Gasteiger partial charge in [0.1, 0.15) is 5.75 Å². The molecule has 0 aliphatic rings. The summed E-state index contributed by atoms with van der Waals surface area (Å²) in [6.45, 7) is 4.02. The number of aryl methyl sites for hydroxylation is 1. The minimum absolute atomic E-state index is 0.109. The van der Waals surface area contributed by atoms with Crippen molar-refractivity contribution in [3.8, 4) is 5.75 Å². The lowest BCUT2D eigenvalue weighted by molar-refractivity contribution is -0.118. The molecule has 1 N–H and O–H groups in total. The number of rotatable bonds is 5. The molecule has 136 valence electrons. The van der Waals surface area contributed by atoms with Crippen molar-refractivity contribution < 1.29 is 13.9 Å². The number of amides is 1. The first-order valence-electron chi connectivity index (χ1n) is 8.45. The van der Waals surface area contributed by atoms with E-state index in [-0.39, 0.29) is 17.7 Å². The Hall–Kier alpha value is -3.02. The summed E-state index contributed by atoms with van der Waals surface area (Å²) in [5.74, 6) is 0.0203. The molecule has 0 radical (unpaired) electrons. The smallest absolute Gasteiger partial charge is 0.419 e. The summed E-state index contributed by atoms with van der Waals surface area (Å²) in [6.07, 6.45) is 0. The van der Waals surface area contributed by atoms with Crippen molar-refractivity contribution in [1.29, 1.82) is 0 Å². The highest BCUT2D eigenvalue weighted by Crippen LogP contribution is 2.28. The number of aromatic nitrogens is 1. The SMILES string of the molecule is COc1ccc(C(C(=O)Nc2ccc3c(c2)oc(=O)n3C)C(C)C)cc1. The first-order valence-corrected chi connectivity index (χ1v) is 8.45. The Bertz CT molecular complexity index is 983. The molecule has 1 unspecified atom stereocenters. The van der Waals surface area contributed by atoms with Crippen LogP contribution in [-0.2, 0) is 11.8 Å². The zero-order valence-corrected chi connectivity index (χ0v) is 15.3. The number of hydrogen-bond acceptors (Lipinski definition) is 4. The molecule has 1 amide bonds. The molecule has 0 aliphatic heterocycles. The van der Waals surface area contributed by atoms with E-state index in [4.69, 9.17) is 9.15 Å². The van der Waals surface area contributed by atoms with E-state index in [1.807, 2.05) is 38.1 Å². The molecule has 0 spiro atoms. The third-order valence-corrected chi connectivity index (χ3v) is 4.48. The molecule has 0 aliphatic carbocycles. The van der Waals surface area contributed by atoms with E-state index in [1.165, 1.54) is 4.57 Å². The van der Waals surface area contributed by atoms with Crippen LogP contribution in [0.3, 0.4) is 0 Å². The molecule has 1 heterocycles. The Kier molecular flexibility index (Phi) is 4.84. The average molecular weight is 354 g/mol. The number of carbonyl (C=O) groups excluding carboxylic acids is 1. The van der Waals surface area contributed by atoms with Gasteiger partial charge in [0.05, 0.1) is 18.5 Å². The Morgan fingerprint density at radius 3 is 2.46 bits per heavy atom. The summed E-state index contributed by atoms with van der Waals surface area (Å²) in [5.41, 5.74) is 2.64. The molecule has 3 aromatic rings. The second-order valence-electron chi connectivity index (χ2n) is 6.59. The van der Waals surface area contributed by atoms with Gasteiger partial charge >= 0.3 is 5.76 Å². The van der Waals surface area contributed by atoms with E-state index >= 15 is 0 Å². The number of nitrogens with one attached hydrogen (secondary N) is 1. The van der Waals surface area contributed by atoms with E-state index in [2.05, 4.69) is 5.32 Å². The summed E-state index contributed by atoms with van der Waals surface area (Å²) in [5, 5.41) is 2.93. The van der Waals surface area contributed by atoms with Crippen LogP contribution in [0.4, 0.5) is 5.69 Å². The fraction of sp³-hybridized carbons (Fsp3) is 0.300. The predicted octanol–water partition coefficient (Wildman–Crippen LogP) is 3.52. The van der Waals surface area contributed by atoms with E-state index < -0.39 is 5.76 Å². The van der Waals surface area contributed by atoms with Gasteiger partial charge in [-0.25, -0.2) is 4.79 Å². The molecule has 1 aromatic heterocycles. The number of fused-ring (bicyclic) bond motifs is 1. The highest BCUT2D eigenvalue weighted by molar-refractivity contribution is 5.97. The van der Waals surface area contributed by atoms with Crippen LogP contribution in [0, 0.1) is 5.92 Å². The first-order chi connectivity index (χ1) is 12.4. The van der Waals surface area contributed by atoms with E-state index in [1.54, 1.807) is 32.4 Å². The minimum atomic E-state index is -0.429. The predicted molar refractivity (Wildman–Crippen MR) is 101 cm³/mol. The molecule has 1 atom stereocenters. The van der Waals surface area contributed by atoms with Gasteiger partial charge in [0.25, 0.3) is 0 Å². The van der Waals surface area contributed by atoms with Gasteiger partial charge in [-0.1, -0.05) is 26.0 Å². The molecule has 0 fully saturated rings. The van der Waals surface area contributed by atoms with Crippen molar-refractivity contribution >= 4 is 22.7 Å². The quantitative estimate of drug-likeness (QED) is 0.761. The normalized spacial score (nSPS) is 12.3. The van der Waals surface area contributed by atoms with Crippen LogP contribution in [0.15, 0.2) is 51.7 Å². The fourth-order valence-corrected chi connectivity index (χ4v) is 3.08. The fourth-order valence-electron chi connectivity index (χ4n) is 3.08. The third-order valence-electron chi connectivity index (χ3n) is 4.48. The summed E-state index contributed by atoms with van der Waals surface area (Å²) in [7, 11) is 3.25. The van der Waals surface area contributed by atoms with Crippen molar-refractivity contribution in [3.05, 3.63) is 58.6 Å². The van der Waals surface area contributed by atoms with Crippen molar-refractivity contribution in [2.24, 2.45) is 13.0 Å². The summed E-state index contributed by atoms with van der Waals surface area (Å²) in [4.78, 5) is 24.5. The molecular weight excluding hydrogens is 332 g/mol. The Morgan fingerprint density at radius 1 is 1.15 bits per heavy atom. The number of nitrogens with zero attached hydrogens (tertiary/aromatic N) is 1. The molecule has 0 saturated carbocycles. The van der Waals surface area contributed by atoms with Gasteiger partial charge in [0, 0.05) is 18.8 Å². The van der Waals surface area contributed by atoms with Crippen LogP contribution in [-0.4, -0.2) is 17.6 Å². The van der Waals surface area contributed by atoms with Gasteiger partial charge in [0.15, 0.2) is 5.58 Å². The lowest BCUT2D eigenvalue weighted by Crippen LogP contribution is -2.25. The van der Waals surface area contributed by atoms with Crippen LogP contribution < -0.4 is 15.8 Å². The maximum Gasteiger partial charge on any atom is 0.419 e. The zero-order chi connectivity index (χ0) is 18.8. The number of carbonyl (C=O) groups is 1. The van der Waals surface area contributed by atoms with Crippen molar-refractivity contribution in [2.75, 3.05) is 12.4 Å². The van der Waals surface area contributed by atoms with Gasteiger partial charge in [-0.05, 0) is 35.7 Å². The van der Waals surface area contributed by atoms with Crippen LogP contribution in [0.2, 0.25) is 0 Å². The largest absolute Gasteiger partial charge is 0.497 e. The number of ether oxygens (including phenoxy) is 1. The van der Waals surface area contributed by atoms with Gasteiger partial charge in [-0.15, -0.1) is 0 Å². The summed E-state index contributed by atoms with van der Waals surface area (Å²) >= 11 is 0. The third kappa shape index (κ3) is 3.35. The Balaban J connectivity index is 1.86. The van der Waals surface area contributed by atoms with Crippen LogP contribution in [0.25, 0.3) is 11.1 Å². The van der Waals surface area contributed by atoms with Crippen molar-refractivity contribution in [1.82, 2.24) is 4.57 Å². The van der Waals surface area contributed by atoms with Crippen LogP contribution in [0.5, 0.6) is 5.75 Å². The molecule has 0 saturated heterocycles. The first kappa shape index (κ1) is 17.8. The number of anilines is 1. The van der Waals surface area contributed by atoms with Crippen molar-refractivity contribution in [2.45, 2.75) is 19.8 Å². The maximum absolute atomic E-state index is 12.9. The number of oxazole rings is 1. The van der Waals surface area contributed by atoms with E-state index in [9.17, 15) is 9.59 Å². The van der Waals surface area contributed by atoms with Crippen molar-refractivity contribution in [3.63, 3.8) is 0 Å². The minimum Gasteiger partial charge on any atom is -0.497 e. The molecule has 6 heteroatoms. The van der Waals surface area contributed by atoms with Gasteiger partial charge < -0.3 is 14.5 Å². The monoisotopic (exact) mass is 354 g/mol. The summed E-state index contributed by atoms with van der Waals surface area (Å²) < 4.78 is 11.8. The van der Waals surface area contributed by atoms with E-state index in [0.717, 1.165) is 11.3 Å². The van der Waals surface area contributed by atoms with Gasteiger partial charge in [-0.3, -0.25) is 9.36 Å². The van der Waals surface area contributed by atoms with Gasteiger partial charge in [0.2, 0.25) is 5.91 Å². The number of methoxy groups -OCH3 is 1. The second kappa shape index (κ2) is 7.07. The highest BCUT2D eigenvalue weighted by Gasteiger charge is 2.24. The standard InChI is InChI=1S/C20H22N2O4/c1-12(2)18(13-5-8-15(25-4)9-6-13)19(23)21-14-7-10-16-17(11-14)26-20(24)22(16)3/h5-12,18H,1-4H3,(H,21,23). The Morgan fingerprint density at radius 2 is 1.85 bits per heavy atom. The molecule has 3 rings (SSSR count). The molecule has 6 nitrogen and oxygen atoms in total. The lowest BCUT2D eigenvalue weighted by atomic mass is 9.87. The average Bonchev–Trinajstić information content (AvgIpc) is 2.89. The topological polar surface area (TPSA) is 73.5 Å². The van der Waals surface area contributed by atoms with E-state index in [0.29, 0.717) is 16.8 Å². The lowest BCUT2D eigenvalue weighted by Gasteiger charge is -2.21. The number of benzene rings is 2. The Labute approximate surface area is 151 Å². The molecule has 26 heavy (non-hydrogen) atoms. The maximum atomic E-state index is 12.9. The molecule has 0 bridgehead atoms. The second-order valence-corrected chi connectivity index (χ2v) is 6.59. The highest BCUT2D eigenvalue weighted by atomic mass is 16.5. The molecular formula is C20H22N2O4.